The first-order valence-corrected chi connectivity index (χ1v) is 6.96. The standard InChI is InChI=1S/C7H11BrSi/c1-9(2)7-5-3-4-6(7)8/h4-5,9H,3H2,1-2H3. The van der Waals surface area contributed by atoms with Crippen molar-refractivity contribution in [2.24, 2.45) is 0 Å². The van der Waals surface area contributed by atoms with Crippen molar-refractivity contribution in [1.82, 2.24) is 0 Å². The number of allylic oxidation sites excluding steroid dienone is 4. The van der Waals surface area contributed by atoms with Crippen molar-refractivity contribution in [2.75, 3.05) is 0 Å². The van der Waals surface area contributed by atoms with E-state index in [1.807, 2.05) is 0 Å². The molecule has 0 heterocycles. The second-order valence-corrected chi connectivity index (χ2v) is 6.39. The van der Waals surface area contributed by atoms with Crippen molar-refractivity contribution < 1.29 is 0 Å². The van der Waals surface area contributed by atoms with Crippen LogP contribution < -0.4 is 0 Å². The average molecular weight is 203 g/mol. The third-order valence-corrected chi connectivity index (χ3v) is 4.53. The molecule has 0 radical (unpaired) electrons. The van der Waals surface area contributed by atoms with Crippen molar-refractivity contribution in [1.29, 1.82) is 0 Å². The van der Waals surface area contributed by atoms with Gasteiger partial charge in [0, 0.05) is 4.48 Å². The van der Waals surface area contributed by atoms with E-state index in [2.05, 4.69) is 41.2 Å². The molecule has 0 spiro atoms. The van der Waals surface area contributed by atoms with Crippen LogP contribution in [0.3, 0.4) is 0 Å². The summed E-state index contributed by atoms with van der Waals surface area (Å²) in [6, 6.07) is 0. The molecule has 1 rings (SSSR count). The molecule has 0 aliphatic heterocycles. The normalized spacial score (nSPS) is 18.2. The van der Waals surface area contributed by atoms with E-state index in [0.29, 0.717) is 0 Å². The van der Waals surface area contributed by atoms with Gasteiger partial charge >= 0.3 is 0 Å². The smallest absolute Gasteiger partial charge is 0.0657 e. The number of rotatable bonds is 1. The van der Waals surface area contributed by atoms with Gasteiger partial charge in [-0.25, -0.2) is 0 Å². The zero-order chi connectivity index (χ0) is 6.85. The second kappa shape index (κ2) is 2.84. The first-order chi connectivity index (χ1) is 4.22. The number of hydrogen-bond donors (Lipinski definition) is 0. The Bertz CT molecular complexity index is 168. The Labute approximate surface area is 66.4 Å². The summed E-state index contributed by atoms with van der Waals surface area (Å²) in [7, 11) is -0.535. The summed E-state index contributed by atoms with van der Waals surface area (Å²) in [5.41, 5.74) is 0. The van der Waals surface area contributed by atoms with Gasteiger partial charge in [-0.2, -0.15) is 0 Å². The molecule has 0 unspecified atom stereocenters. The number of hydrogen-bond acceptors (Lipinski definition) is 0. The third-order valence-electron chi connectivity index (χ3n) is 1.53. The molecular weight excluding hydrogens is 192 g/mol. The molecule has 0 nitrogen and oxygen atoms in total. The molecule has 0 aromatic rings. The molecule has 0 saturated heterocycles. The summed E-state index contributed by atoms with van der Waals surface area (Å²) in [5.74, 6) is 0. The van der Waals surface area contributed by atoms with Crippen LogP contribution in [0.15, 0.2) is 21.8 Å². The molecule has 0 N–H and O–H groups in total. The zero-order valence-corrected chi connectivity index (χ0v) is 8.56. The van der Waals surface area contributed by atoms with Crippen LogP contribution in [0.2, 0.25) is 13.1 Å². The Kier molecular flexibility index (Phi) is 2.30. The van der Waals surface area contributed by atoms with Gasteiger partial charge in [-0.3, -0.25) is 0 Å². The van der Waals surface area contributed by atoms with Crippen molar-refractivity contribution in [3.63, 3.8) is 0 Å². The molecule has 2 heteroatoms. The molecule has 50 valence electrons. The monoisotopic (exact) mass is 202 g/mol. The molecule has 0 bridgehead atoms. The van der Waals surface area contributed by atoms with Crippen molar-refractivity contribution in [2.45, 2.75) is 19.5 Å². The fourth-order valence-electron chi connectivity index (χ4n) is 1.02. The van der Waals surface area contributed by atoms with E-state index in [1.165, 1.54) is 4.48 Å². The highest BCUT2D eigenvalue weighted by Crippen LogP contribution is 2.26. The van der Waals surface area contributed by atoms with Crippen LogP contribution in [0.5, 0.6) is 0 Å². The van der Waals surface area contributed by atoms with E-state index in [1.54, 1.807) is 5.20 Å². The van der Waals surface area contributed by atoms with Crippen molar-refractivity contribution >= 4 is 24.7 Å². The highest BCUT2D eigenvalue weighted by atomic mass is 79.9. The molecule has 1 aliphatic rings. The summed E-state index contributed by atoms with van der Waals surface area (Å²) in [6.45, 7) is 4.71. The lowest BCUT2D eigenvalue weighted by Crippen LogP contribution is -2.03. The summed E-state index contributed by atoms with van der Waals surface area (Å²) in [6.07, 6.45) is 5.71. The molecule has 0 aromatic heterocycles. The lowest BCUT2D eigenvalue weighted by atomic mass is 10.5. The predicted molar refractivity (Wildman–Crippen MR) is 48.6 cm³/mol. The van der Waals surface area contributed by atoms with Gasteiger partial charge < -0.3 is 0 Å². The number of halogens is 1. The molecule has 0 saturated carbocycles. The summed E-state index contributed by atoms with van der Waals surface area (Å²) in [4.78, 5) is 0. The third kappa shape index (κ3) is 1.55. The lowest BCUT2D eigenvalue weighted by molar-refractivity contribution is 1.45. The Balaban J connectivity index is 2.72. The topological polar surface area (TPSA) is 0 Å². The van der Waals surface area contributed by atoms with Crippen LogP contribution >= 0.6 is 15.9 Å². The van der Waals surface area contributed by atoms with Crippen LogP contribution in [0, 0.1) is 0 Å². The lowest BCUT2D eigenvalue weighted by Gasteiger charge is -2.03. The summed E-state index contributed by atoms with van der Waals surface area (Å²) >= 11 is 3.53. The Morgan fingerprint density at radius 1 is 1.44 bits per heavy atom. The maximum absolute atomic E-state index is 3.53. The van der Waals surface area contributed by atoms with Gasteiger partial charge in [-0.05, 0) is 6.42 Å². The molecule has 0 fully saturated rings. The minimum Gasteiger partial charge on any atom is -0.0807 e. The summed E-state index contributed by atoms with van der Waals surface area (Å²) < 4.78 is 1.35. The summed E-state index contributed by atoms with van der Waals surface area (Å²) in [5, 5.41) is 1.59. The fraction of sp³-hybridized carbons (Fsp3) is 0.429. The maximum Gasteiger partial charge on any atom is 0.0657 e. The molecule has 0 atom stereocenters. The predicted octanol–water partition coefficient (Wildman–Crippen LogP) is 2.62. The van der Waals surface area contributed by atoms with Gasteiger partial charge in [0.2, 0.25) is 0 Å². The van der Waals surface area contributed by atoms with Crippen LogP contribution in [-0.2, 0) is 0 Å². The van der Waals surface area contributed by atoms with E-state index in [-0.39, 0.29) is 0 Å². The first-order valence-electron chi connectivity index (χ1n) is 3.28. The van der Waals surface area contributed by atoms with Crippen LogP contribution in [0.25, 0.3) is 0 Å². The molecule has 0 aromatic carbocycles. The van der Waals surface area contributed by atoms with Gasteiger partial charge in [-0.1, -0.05) is 46.4 Å². The first kappa shape index (κ1) is 7.29. The van der Waals surface area contributed by atoms with Crippen LogP contribution in [-0.4, -0.2) is 8.80 Å². The SMILES string of the molecule is C[SiH](C)C1=CCC=C1Br. The zero-order valence-electron chi connectivity index (χ0n) is 5.82. The van der Waals surface area contributed by atoms with Gasteiger partial charge in [0.15, 0.2) is 0 Å². The Hall–Kier alpha value is 0.177. The second-order valence-electron chi connectivity index (χ2n) is 2.60. The van der Waals surface area contributed by atoms with Crippen molar-refractivity contribution in [3.8, 4) is 0 Å². The van der Waals surface area contributed by atoms with Gasteiger partial charge in [-0.15, -0.1) is 0 Å². The van der Waals surface area contributed by atoms with E-state index in [9.17, 15) is 0 Å². The largest absolute Gasteiger partial charge is 0.0807 e. The molecule has 9 heavy (non-hydrogen) atoms. The molecule has 0 amide bonds. The Morgan fingerprint density at radius 3 is 2.33 bits per heavy atom. The minimum absolute atomic E-state index is 0.535. The van der Waals surface area contributed by atoms with Gasteiger partial charge in [0.05, 0.1) is 8.80 Å². The molecule has 1 aliphatic carbocycles. The minimum atomic E-state index is -0.535. The highest BCUT2D eigenvalue weighted by Gasteiger charge is 2.10. The Morgan fingerprint density at radius 2 is 2.11 bits per heavy atom. The van der Waals surface area contributed by atoms with Crippen molar-refractivity contribution in [3.05, 3.63) is 21.8 Å². The highest BCUT2D eigenvalue weighted by molar-refractivity contribution is 9.12. The average Bonchev–Trinajstić information content (AvgIpc) is 2.13. The quantitative estimate of drug-likeness (QED) is 0.574. The maximum atomic E-state index is 3.53. The van der Waals surface area contributed by atoms with Gasteiger partial charge in [0.25, 0.3) is 0 Å². The van der Waals surface area contributed by atoms with E-state index < -0.39 is 8.80 Å². The van der Waals surface area contributed by atoms with Crippen LogP contribution in [0.4, 0.5) is 0 Å². The fourth-order valence-corrected chi connectivity index (χ4v) is 4.02. The molecular formula is C7H11BrSi. The van der Waals surface area contributed by atoms with E-state index in [4.69, 9.17) is 0 Å². The van der Waals surface area contributed by atoms with Crippen LogP contribution in [0.1, 0.15) is 6.42 Å². The van der Waals surface area contributed by atoms with E-state index in [0.717, 1.165) is 6.42 Å². The van der Waals surface area contributed by atoms with Gasteiger partial charge in [0.1, 0.15) is 0 Å². The van der Waals surface area contributed by atoms with E-state index >= 15 is 0 Å².